The molecule has 0 aliphatic carbocycles. The van der Waals surface area contributed by atoms with Crippen LogP contribution in [0, 0.1) is 10.1 Å². The van der Waals surface area contributed by atoms with E-state index in [1.807, 2.05) is 5.43 Å². The third-order valence-corrected chi connectivity index (χ3v) is 1.81. The molecule has 1 aromatic rings. The standard InChI is InChI=1S/C9H10N4O3/c1-6(11-12-9(10)14)7-3-2-4-8(5-7)13(15)16/h2-5H,1H3,(H3,10,12,14). The number of urea groups is 1. The topological polar surface area (TPSA) is 111 Å². The van der Waals surface area contributed by atoms with Gasteiger partial charge in [0.15, 0.2) is 0 Å². The number of hydrogen-bond acceptors (Lipinski definition) is 4. The molecule has 0 heterocycles. The maximum absolute atomic E-state index is 10.5. The number of primary amides is 1. The summed E-state index contributed by atoms with van der Waals surface area (Å²) in [5.41, 5.74) is 7.82. The van der Waals surface area contributed by atoms with Crippen LogP contribution in [-0.4, -0.2) is 16.7 Å². The first-order chi connectivity index (χ1) is 7.50. The van der Waals surface area contributed by atoms with Gasteiger partial charge in [-0.15, -0.1) is 0 Å². The van der Waals surface area contributed by atoms with Gasteiger partial charge in [-0.1, -0.05) is 12.1 Å². The lowest BCUT2D eigenvalue weighted by Crippen LogP contribution is -2.25. The van der Waals surface area contributed by atoms with Gasteiger partial charge in [-0.2, -0.15) is 5.10 Å². The maximum Gasteiger partial charge on any atom is 0.332 e. The van der Waals surface area contributed by atoms with E-state index in [0.29, 0.717) is 11.3 Å². The monoisotopic (exact) mass is 222 g/mol. The summed E-state index contributed by atoms with van der Waals surface area (Å²) in [6, 6.07) is 5.13. The predicted molar refractivity (Wildman–Crippen MR) is 58.0 cm³/mol. The smallest absolute Gasteiger partial charge is 0.332 e. The van der Waals surface area contributed by atoms with Gasteiger partial charge in [-0.05, 0) is 6.92 Å². The van der Waals surface area contributed by atoms with E-state index in [1.54, 1.807) is 13.0 Å². The van der Waals surface area contributed by atoms with Gasteiger partial charge in [0.25, 0.3) is 5.69 Å². The number of nitro groups is 1. The number of carbonyl (C=O) groups excluding carboxylic acids is 1. The first kappa shape index (κ1) is 11.6. The third kappa shape index (κ3) is 3.05. The first-order valence-electron chi connectivity index (χ1n) is 4.35. The number of amides is 2. The molecule has 0 fully saturated rings. The number of rotatable bonds is 3. The number of carbonyl (C=O) groups is 1. The van der Waals surface area contributed by atoms with Crippen LogP contribution >= 0.6 is 0 Å². The number of benzene rings is 1. The Balaban J connectivity index is 2.95. The van der Waals surface area contributed by atoms with Crippen molar-refractivity contribution in [1.82, 2.24) is 5.43 Å². The zero-order valence-corrected chi connectivity index (χ0v) is 8.51. The molecule has 0 saturated heterocycles. The van der Waals surface area contributed by atoms with E-state index in [1.165, 1.54) is 18.2 Å². The Morgan fingerprint density at radius 3 is 2.81 bits per heavy atom. The Kier molecular flexibility index (Phi) is 3.54. The average molecular weight is 222 g/mol. The summed E-state index contributed by atoms with van der Waals surface area (Å²) in [7, 11) is 0. The van der Waals surface area contributed by atoms with Gasteiger partial charge in [0.05, 0.1) is 10.6 Å². The molecule has 0 radical (unpaired) electrons. The lowest BCUT2D eigenvalue weighted by molar-refractivity contribution is -0.384. The van der Waals surface area contributed by atoms with Gasteiger partial charge < -0.3 is 5.73 Å². The summed E-state index contributed by atoms with van der Waals surface area (Å²) >= 11 is 0. The molecule has 0 saturated carbocycles. The Hall–Kier alpha value is -2.44. The highest BCUT2D eigenvalue weighted by molar-refractivity contribution is 5.99. The van der Waals surface area contributed by atoms with Crippen molar-refractivity contribution in [3.05, 3.63) is 39.9 Å². The van der Waals surface area contributed by atoms with Crippen molar-refractivity contribution in [3.63, 3.8) is 0 Å². The second-order valence-electron chi connectivity index (χ2n) is 2.98. The van der Waals surface area contributed by atoms with Crippen LogP contribution in [0.3, 0.4) is 0 Å². The van der Waals surface area contributed by atoms with E-state index in [-0.39, 0.29) is 5.69 Å². The average Bonchev–Trinajstić information content (AvgIpc) is 2.26. The quantitative estimate of drug-likeness (QED) is 0.451. The third-order valence-electron chi connectivity index (χ3n) is 1.81. The van der Waals surface area contributed by atoms with Crippen LogP contribution < -0.4 is 11.2 Å². The Morgan fingerprint density at radius 1 is 1.56 bits per heavy atom. The second kappa shape index (κ2) is 4.87. The number of non-ortho nitro benzene ring substituents is 1. The lowest BCUT2D eigenvalue weighted by atomic mass is 10.1. The summed E-state index contributed by atoms with van der Waals surface area (Å²) < 4.78 is 0. The summed E-state index contributed by atoms with van der Waals surface area (Å²) in [5.74, 6) is 0. The molecule has 0 spiro atoms. The van der Waals surface area contributed by atoms with Crippen molar-refractivity contribution >= 4 is 17.4 Å². The SMILES string of the molecule is CC(=NNC(N)=O)c1cccc([N+](=O)[O-])c1. The fourth-order valence-corrected chi connectivity index (χ4v) is 1.05. The Labute approximate surface area is 91.1 Å². The molecule has 7 heteroatoms. The van der Waals surface area contributed by atoms with Crippen LogP contribution in [0.2, 0.25) is 0 Å². The van der Waals surface area contributed by atoms with Crippen molar-refractivity contribution in [2.24, 2.45) is 10.8 Å². The minimum absolute atomic E-state index is 0.0360. The van der Waals surface area contributed by atoms with Crippen LogP contribution in [0.15, 0.2) is 29.4 Å². The number of hydrazone groups is 1. The zero-order valence-electron chi connectivity index (χ0n) is 8.51. The lowest BCUT2D eigenvalue weighted by Gasteiger charge is -2.00. The fourth-order valence-electron chi connectivity index (χ4n) is 1.05. The molecule has 0 bridgehead atoms. The molecular formula is C9H10N4O3. The molecule has 0 aliphatic rings. The number of nitrogens with one attached hydrogen (secondary N) is 1. The van der Waals surface area contributed by atoms with E-state index in [2.05, 4.69) is 5.10 Å². The molecule has 84 valence electrons. The van der Waals surface area contributed by atoms with Crippen molar-refractivity contribution in [1.29, 1.82) is 0 Å². The van der Waals surface area contributed by atoms with Gasteiger partial charge in [0, 0.05) is 17.7 Å². The van der Waals surface area contributed by atoms with Gasteiger partial charge in [-0.3, -0.25) is 10.1 Å². The molecule has 0 aliphatic heterocycles. The van der Waals surface area contributed by atoms with Gasteiger partial charge in [-0.25, -0.2) is 10.2 Å². The summed E-state index contributed by atoms with van der Waals surface area (Å²) in [5, 5.41) is 14.2. The van der Waals surface area contributed by atoms with E-state index in [9.17, 15) is 14.9 Å². The van der Waals surface area contributed by atoms with Gasteiger partial charge >= 0.3 is 6.03 Å². The number of hydrogen-bond donors (Lipinski definition) is 2. The number of nitro benzene ring substituents is 1. The molecule has 3 N–H and O–H groups in total. The number of nitrogens with zero attached hydrogens (tertiary/aromatic N) is 2. The highest BCUT2D eigenvalue weighted by Crippen LogP contribution is 2.13. The predicted octanol–water partition coefficient (Wildman–Crippen LogP) is 0.987. The molecule has 16 heavy (non-hydrogen) atoms. The van der Waals surface area contributed by atoms with Gasteiger partial charge in [0.2, 0.25) is 0 Å². The van der Waals surface area contributed by atoms with Crippen LogP contribution in [0.1, 0.15) is 12.5 Å². The molecule has 1 rings (SSSR count). The molecule has 0 aromatic heterocycles. The van der Waals surface area contributed by atoms with Crippen LogP contribution in [0.25, 0.3) is 0 Å². The summed E-state index contributed by atoms with van der Waals surface area (Å²) in [6.07, 6.45) is 0. The van der Waals surface area contributed by atoms with Crippen molar-refractivity contribution in [2.75, 3.05) is 0 Å². The minimum atomic E-state index is -0.787. The highest BCUT2D eigenvalue weighted by Gasteiger charge is 2.07. The largest absolute Gasteiger partial charge is 0.350 e. The Morgan fingerprint density at radius 2 is 2.25 bits per heavy atom. The maximum atomic E-state index is 10.5. The zero-order chi connectivity index (χ0) is 12.1. The van der Waals surface area contributed by atoms with Crippen LogP contribution in [-0.2, 0) is 0 Å². The molecule has 0 unspecified atom stereocenters. The summed E-state index contributed by atoms with van der Waals surface area (Å²) in [4.78, 5) is 20.4. The van der Waals surface area contributed by atoms with Crippen molar-refractivity contribution in [3.8, 4) is 0 Å². The van der Waals surface area contributed by atoms with Gasteiger partial charge in [0.1, 0.15) is 0 Å². The second-order valence-corrected chi connectivity index (χ2v) is 2.98. The Bertz CT molecular complexity index is 456. The number of nitrogens with two attached hydrogens (primary N) is 1. The van der Waals surface area contributed by atoms with E-state index < -0.39 is 11.0 Å². The first-order valence-corrected chi connectivity index (χ1v) is 4.35. The summed E-state index contributed by atoms with van der Waals surface area (Å²) in [6.45, 7) is 1.61. The molecular weight excluding hydrogens is 212 g/mol. The molecule has 1 aromatic carbocycles. The van der Waals surface area contributed by atoms with Crippen molar-refractivity contribution in [2.45, 2.75) is 6.92 Å². The van der Waals surface area contributed by atoms with Crippen LogP contribution in [0.4, 0.5) is 10.5 Å². The van der Waals surface area contributed by atoms with E-state index in [0.717, 1.165) is 0 Å². The minimum Gasteiger partial charge on any atom is -0.350 e. The van der Waals surface area contributed by atoms with E-state index in [4.69, 9.17) is 5.73 Å². The fraction of sp³-hybridized carbons (Fsp3) is 0.111. The van der Waals surface area contributed by atoms with E-state index >= 15 is 0 Å². The molecule has 0 atom stereocenters. The highest BCUT2D eigenvalue weighted by atomic mass is 16.6. The van der Waals surface area contributed by atoms with Crippen LogP contribution in [0.5, 0.6) is 0 Å². The molecule has 2 amide bonds. The normalized spacial score (nSPS) is 10.9. The molecule has 7 nitrogen and oxygen atoms in total. The van der Waals surface area contributed by atoms with Crippen molar-refractivity contribution < 1.29 is 9.72 Å².